The number of ether oxygens (including phenoxy) is 1. The second kappa shape index (κ2) is 4.72. The second-order valence-corrected chi connectivity index (χ2v) is 4.50. The van der Waals surface area contributed by atoms with E-state index in [4.69, 9.17) is 4.74 Å². The van der Waals surface area contributed by atoms with Crippen LogP contribution in [0.4, 0.5) is 0 Å². The van der Waals surface area contributed by atoms with E-state index in [0.717, 1.165) is 22.6 Å². The summed E-state index contributed by atoms with van der Waals surface area (Å²) >= 11 is 0. The van der Waals surface area contributed by atoms with Crippen molar-refractivity contribution in [3.05, 3.63) is 59.4 Å². The number of hydrogen-bond acceptors (Lipinski definition) is 3. The Morgan fingerprint density at radius 3 is 2.95 bits per heavy atom. The van der Waals surface area contributed by atoms with Gasteiger partial charge in [0.05, 0.1) is 25.3 Å². The van der Waals surface area contributed by atoms with E-state index in [1.807, 2.05) is 36.4 Å². The van der Waals surface area contributed by atoms with Gasteiger partial charge in [-0.25, -0.2) is 0 Å². The van der Waals surface area contributed by atoms with Crippen molar-refractivity contribution in [2.45, 2.75) is 12.5 Å². The maximum absolute atomic E-state index is 11.8. The van der Waals surface area contributed by atoms with Crippen molar-refractivity contribution in [1.29, 1.82) is 0 Å². The number of nitrogens with zero attached hydrogens (tertiary/aromatic N) is 1. The molecule has 2 aromatic rings. The van der Waals surface area contributed by atoms with Crippen LogP contribution in [0.15, 0.2) is 42.6 Å². The molecule has 0 fully saturated rings. The molecule has 96 valence electrons. The molecule has 1 unspecified atom stereocenters. The number of benzene rings is 1. The number of aromatic nitrogens is 1. The SMILES string of the molecule is COc1ccc2c(c1)CC(=O)NC2c1ccccn1. The van der Waals surface area contributed by atoms with Crippen LogP contribution in [0, 0.1) is 0 Å². The molecule has 4 heteroatoms. The Hall–Kier alpha value is -2.36. The number of fused-ring (bicyclic) bond motifs is 1. The normalized spacial score (nSPS) is 17.5. The van der Waals surface area contributed by atoms with Gasteiger partial charge < -0.3 is 10.1 Å². The lowest BCUT2D eigenvalue weighted by atomic mass is 9.91. The van der Waals surface area contributed by atoms with E-state index < -0.39 is 0 Å². The van der Waals surface area contributed by atoms with Crippen LogP contribution in [-0.4, -0.2) is 18.0 Å². The van der Waals surface area contributed by atoms with Crippen molar-refractivity contribution in [3.63, 3.8) is 0 Å². The lowest BCUT2D eigenvalue weighted by Crippen LogP contribution is -2.36. The van der Waals surface area contributed by atoms with E-state index in [1.54, 1.807) is 13.3 Å². The quantitative estimate of drug-likeness (QED) is 0.889. The molecule has 4 nitrogen and oxygen atoms in total. The van der Waals surface area contributed by atoms with Crippen molar-refractivity contribution in [2.24, 2.45) is 0 Å². The van der Waals surface area contributed by atoms with E-state index in [0.29, 0.717) is 6.42 Å². The number of carbonyl (C=O) groups excluding carboxylic acids is 1. The van der Waals surface area contributed by atoms with Gasteiger partial charge in [0.25, 0.3) is 0 Å². The van der Waals surface area contributed by atoms with Crippen LogP contribution in [0.1, 0.15) is 22.9 Å². The number of methoxy groups -OCH3 is 1. The van der Waals surface area contributed by atoms with E-state index >= 15 is 0 Å². The van der Waals surface area contributed by atoms with Gasteiger partial charge in [0.1, 0.15) is 5.75 Å². The number of carbonyl (C=O) groups is 1. The van der Waals surface area contributed by atoms with Crippen molar-refractivity contribution in [1.82, 2.24) is 10.3 Å². The summed E-state index contributed by atoms with van der Waals surface area (Å²) in [6.45, 7) is 0. The Labute approximate surface area is 111 Å². The molecule has 1 atom stereocenters. The predicted molar refractivity (Wildman–Crippen MR) is 70.9 cm³/mol. The van der Waals surface area contributed by atoms with Gasteiger partial charge in [-0.3, -0.25) is 9.78 Å². The summed E-state index contributed by atoms with van der Waals surface area (Å²) in [7, 11) is 1.63. The summed E-state index contributed by atoms with van der Waals surface area (Å²) in [6, 6.07) is 11.4. The summed E-state index contributed by atoms with van der Waals surface area (Å²) in [6.07, 6.45) is 2.12. The molecule has 0 saturated carbocycles. The first-order valence-electron chi connectivity index (χ1n) is 6.15. The van der Waals surface area contributed by atoms with E-state index in [2.05, 4.69) is 10.3 Å². The number of amides is 1. The minimum atomic E-state index is -0.177. The van der Waals surface area contributed by atoms with Crippen LogP contribution in [0.5, 0.6) is 5.75 Å². The molecule has 19 heavy (non-hydrogen) atoms. The van der Waals surface area contributed by atoms with Gasteiger partial charge in [0, 0.05) is 6.20 Å². The average molecular weight is 254 g/mol. The van der Waals surface area contributed by atoms with Crippen LogP contribution in [-0.2, 0) is 11.2 Å². The van der Waals surface area contributed by atoms with Crippen LogP contribution in [0.2, 0.25) is 0 Å². The maximum Gasteiger partial charge on any atom is 0.225 e. The zero-order valence-corrected chi connectivity index (χ0v) is 10.6. The molecular formula is C15H14N2O2. The van der Waals surface area contributed by atoms with Gasteiger partial charge in [0.2, 0.25) is 5.91 Å². The molecule has 0 spiro atoms. The van der Waals surface area contributed by atoms with Gasteiger partial charge >= 0.3 is 0 Å². The highest BCUT2D eigenvalue weighted by Gasteiger charge is 2.26. The number of hydrogen-bond donors (Lipinski definition) is 1. The topological polar surface area (TPSA) is 51.2 Å². The molecule has 0 bridgehead atoms. The first-order chi connectivity index (χ1) is 9.28. The third-order valence-corrected chi connectivity index (χ3v) is 3.30. The number of nitrogens with one attached hydrogen (secondary N) is 1. The Morgan fingerprint density at radius 1 is 1.32 bits per heavy atom. The standard InChI is InChI=1S/C15H14N2O2/c1-19-11-5-6-12-10(8-11)9-14(18)17-15(12)13-4-2-3-7-16-13/h2-8,15H,9H2,1H3,(H,17,18). The Balaban J connectivity index is 2.07. The second-order valence-electron chi connectivity index (χ2n) is 4.50. The van der Waals surface area contributed by atoms with Gasteiger partial charge in [0.15, 0.2) is 0 Å². The molecule has 1 N–H and O–H groups in total. The molecule has 1 amide bonds. The molecule has 1 aromatic carbocycles. The zero-order chi connectivity index (χ0) is 13.2. The van der Waals surface area contributed by atoms with E-state index in [1.165, 1.54) is 0 Å². The fraction of sp³-hybridized carbons (Fsp3) is 0.200. The Bertz CT molecular complexity index is 611. The van der Waals surface area contributed by atoms with Gasteiger partial charge in [-0.05, 0) is 35.4 Å². The Kier molecular flexibility index (Phi) is 2.91. The monoisotopic (exact) mass is 254 g/mol. The van der Waals surface area contributed by atoms with Crippen LogP contribution in [0.3, 0.4) is 0 Å². The first-order valence-corrected chi connectivity index (χ1v) is 6.15. The van der Waals surface area contributed by atoms with Crippen LogP contribution < -0.4 is 10.1 Å². The van der Waals surface area contributed by atoms with Crippen LogP contribution >= 0.6 is 0 Å². The summed E-state index contributed by atoms with van der Waals surface area (Å²) in [4.78, 5) is 16.2. The molecule has 0 saturated heterocycles. The van der Waals surface area contributed by atoms with Gasteiger partial charge in [-0.2, -0.15) is 0 Å². The summed E-state index contributed by atoms with van der Waals surface area (Å²) in [5.74, 6) is 0.782. The lowest BCUT2D eigenvalue weighted by Gasteiger charge is -2.26. The molecule has 2 heterocycles. The lowest BCUT2D eigenvalue weighted by molar-refractivity contribution is -0.121. The van der Waals surface area contributed by atoms with Crippen molar-refractivity contribution < 1.29 is 9.53 Å². The molecule has 1 aromatic heterocycles. The van der Waals surface area contributed by atoms with Gasteiger partial charge in [-0.1, -0.05) is 12.1 Å². The fourth-order valence-electron chi connectivity index (χ4n) is 2.39. The van der Waals surface area contributed by atoms with Gasteiger partial charge in [-0.15, -0.1) is 0 Å². The van der Waals surface area contributed by atoms with Crippen molar-refractivity contribution in [3.8, 4) is 5.75 Å². The summed E-state index contributed by atoms with van der Waals surface area (Å²) in [5, 5.41) is 2.98. The minimum Gasteiger partial charge on any atom is -0.497 e. The van der Waals surface area contributed by atoms with E-state index in [9.17, 15) is 4.79 Å². The third kappa shape index (κ3) is 2.17. The first kappa shape index (κ1) is 11.7. The highest BCUT2D eigenvalue weighted by atomic mass is 16.5. The molecule has 1 aliphatic heterocycles. The highest BCUT2D eigenvalue weighted by Crippen LogP contribution is 2.30. The maximum atomic E-state index is 11.8. The van der Waals surface area contributed by atoms with E-state index in [-0.39, 0.29) is 11.9 Å². The molecule has 1 aliphatic rings. The Morgan fingerprint density at radius 2 is 2.21 bits per heavy atom. The molecule has 0 aliphatic carbocycles. The zero-order valence-electron chi connectivity index (χ0n) is 10.6. The predicted octanol–water partition coefficient (Wildman–Crippen LogP) is 1.85. The number of rotatable bonds is 2. The van der Waals surface area contributed by atoms with Crippen LogP contribution in [0.25, 0.3) is 0 Å². The number of pyridine rings is 1. The molecular weight excluding hydrogens is 240 g/mol. The molecule has 3 rings (SSSR count). The summed E-state index contributed by atoms with van der Waals surface area (Å²) in [5.41, 5.74) is 2.93. The van der Waals surface area contributed by atoms with Crippen molar-refractivity contribution >= 4 is 5.91 Å². The average Bonchev–Trinajstić information content (AvgIpc) is 2.46. The largest absolute Gasteiger partial charge is 0.497 e. The smallest absolute Gasteiger partial charge is 0.225 e. The third-order valence-electron chi connectivity index (χ3n) is 3.30. The fourth-order valence-corrected chi connectivity index (χ4v) is 2.39. The highest BCUT2D eigenvalue weighted by molar-refractivity contribution is 5.82. The van der Waals surface area contributed by atoms with Crippen molar-refractivity contribution in [2.75, 3.05) is 7.11 Å². The minimum absolute atomic E-state index is 0.0106. The molecule has 0 radical (unpaired) electrons. The summed E-state index contributed by atoms with van der Waals surface area (Å²) < 4.78 is 5.21.